The molecule has 1 aromatic carbocycles. The van der Waals surface area contributed by atoms with E-state index in [4.69, 9.17) is 10.5 Å². The van der Waals surface area contributed by atoms with Gasteiger partial charge in [0.1, 0.15) is 5.75 Å². The molecule has 0 unspecified atom stereocenters. The van der Waals surface area contributed by atoms with Gasteiger partial charge in [0.05, 0.1) is 12.3 Å². The molecule has 3 heteroatoms. The van der Waals surface area contributed by atoms with Crippen molar-refractivity contribution in [3.05, 3.63) is 23.8 Å². The quantitative estimate of drug-likeness (QED) is 0.597. The van der Waals surface area contributed by atoms with Gasteiger partial charge in [0.2, 0.25) is 0 Å². The molecule has 0 saturated carbocycles. The van der Waals surface area contributed by atoms with Crippen LogP contribution in [0.5, 0.6) is 5.75 Å². The van der Waals surface area contributed by atoms with E-state index in [0.29, 0.717) is 0 Å². The maximum Gasteiger partial charge on any atom is 0.142 e. The zero-order valence-corrected chi connectivity index (χ0v) is 10.3. The van der Waals surface area contributed by atoms with Crippen molar-refractivity contribution in [2.75, 3.05) is 23.8 Å². The number of thioether (sulfide) groups is 1. The molecule has 0 aliphatic rings. The molecule has 0 aliphatic heterocycles. The fourth-order valence-electron chi connectivity index (χ4n) is 1.25. The second kappa shape index (κ2) is 6.62. The van der Waals surface area contributed by atoms with Gasteiger partial charge in [-0.15, -0.1) is 0 Å². The predicted octanol–water partition coefficient (Wildman–Crippen LogP) is 3.10. The SMILES string of the molecule is CCSCCCOc1cc(C)ccc1N. The molecule has 1 aromatic rings. The van der Waals surface area contributed by atoms with E-state index in [1.807, 2.05) is 36.9 Å². The van der Waals surface area contributed by atoms with Crippen LogP contribution in [0.1, 0.15) is 18.9 Å². The average molecular weight is 225 g/mol. The first-order valence-electron chi connectivity index (χ1n) is 5.30. The third kappa shape index (κ3) is 4.47. The lowest BCUT2D eigenvalue weighted by molar-refractivity contribution is 0.320. The van der Waals surface area contributed by atoms with E-state index in [1.54, 1.807) is 0 Å². The molecule has 0 aromatic heterocycles. The molecular formula is C12H19NOS. The van der Waals surface area contributed by atoms with Gasteiger partial charge in [-0.2, -0.15) is 11.8 Å². The number of hydrogen-bond donors (Lipinski definition) is 1. The normalized spacial score (nSPS) is 10.3. The second-order valence-electron chi connectivity index (χ2n) is 3.44. The van der Waals surface area contributed by atoms with Crippen LogP contribution in [0.2, 0.25) is 0 Å². The van der Waals surface area contributed by atoms with Gasteiger partial charge in [0.15, 0.2) is 0 Å². The van der Waals surface area contributed by atoms with Crippen molar-refractivity contribution in [3.8, 4) is 5.75 Å². The summed E-state index contributed by atoms with van der Waals surface area (Å²) in [5.41, 5.74) is 7.71. The van der Waals surface area contributed by atoms with Gasteiger partial charge in [-0.05, 0) is 42.5 Å². The lowest BCUT2D eigenvalue weighted by Gasteiger charge is -2.09. The smallest absolute Gasteiger partial charge is 0.142 e. The summed E-state index contributed by atoms with van der Waals surface area (Å²) >= 11 is 1.94. The molecule has 15 heavy (non-hydrogen) atoms. The highest BCUT2D eigenvalue weighted by Gasteiger charge is 1.99. The van der Waals surface area contributed by atoms with Crippen molar-refractivity contribution in [1.29, 1.82) is 0 Å². The summed E-state index contributed by atoms with van der Waals surface area (Å²) in [5, 5.41) is 0. The van der Waals surface area contributed by atoms with Crippen molar-refractivity contribution in [2.45, 2.75) is 20.3 Å². The van der Waals surface area contributed by atoms with Crippen LogP contribution in [0.25, 0.3) is 0 Å². The van der Waals surface area contributed by atoms with Crippen LogP contribution in [0, 0.1) is 6.92 Å². The topological polar surface area (TPSA) is 35.2 Å². The molecular weight excluding hydrogens is 206 g/mol. The lowest BCUT2D eigenvalue weighted by Crippen LogP contribution is -2.01. The van der Waals surface area contributed by atoms with E-state index in [0.717, 1.165) is 30.2 Å². The Bertz CT molecular complexity index is 302. The Hall–Kier alpha value is -0.830. The van der Waals surface area contributed by atoms with Crippen molar-refractivity contribution in [1.82, 2.24) is 0 Å². The molecule has 0 saturated heterocycles. The molecule has 84 valence electrons. The summed E-state index contributed by atoms with van der Waals surface area (Å²) in [4.78, 5) is 0. The summed E-state index contributed by atoms with van der Waals surface area (Å²) < 4.78 is 5.63. The third-order valence-electron chi connectivity index (χ3n) is 2.06. The highest BCUT2D eigenvalue weighted by atomic mass is 32.2. The maximum atomic E-state index is 5.80. The van der Waals surface area contributed by atoms with E-state index in [2.05, 4.69) is 6.92 Å². The zero-order valence-electron chi connectivity index (χ0n) is 9.45. The van der Waals surface area contributed by atoms with Gasteiger partial charge in [0, 0.05) is 0 Å². The Labute approximate surface area is 96.2 Å². The minimum Gasteiger partial charge on any atom is -0.491 e. The Balaban J connectivity index is 2.33. The summed E-state index contributed by atoms with van der Waals surface area (Å²) in [6.45, 7) is 4.96. The zero-order chi connectivity index (χ0) is 11.1. The van der Waals surface area contributed by atoms with Crippen molar-refractivity contribution in [2.24, 2.45) is 0 Å². The van der Waals surface area contributed by atoms with Crippen molar-refractivity contribution >= 4 is 17.4 Å². The number of nitrogens with two attached hydrogens (primary N) is 1. The number of ether oxygens (including phenoxy) is 1. The first-order valence-corrected chi connectivity index (χ1v) is 6.46. The molecule has 2 N–H and O–H groups in total. The standard InChI is InChI=1S/C12H19NOS/c1-3-15-8-4-7-14-12-9-10(2)5-6-11(12)13/h5-6,9H,3-4,7-8,13H2,1-2H3. The van der Waals surface area contributed by atoms with E-state index >= 15 is 0 Å². The molecule has 0 amide bonds. The average Bonchev–Trinajstić information content (AvgIpc) is 2.23. The number of benzene rings is 1. The predicted molar refractivity (Wildman–Crippen MR) is 68.7 cm³/mol. The molecule has 1 rings (SSSR count). The Morgan fingerprint density at radius 2 is 2.20 bits per heavy atom. The Morgan fingerprint density at radius 1 is 1.40 bits per heavy atom. The monoisotopic (exact) mass is 225 g/mol. The van der Waals surface area contributed by atoms with Gasteiger partial charge in [-0.25, -0.2) is 0 Å². The molecule has 2 nitrogen and oxygen atoms in total. The minimum atomic E-state index is 0.726. The van der Waals surface area contributed by atoms with E-state index in [1.165, 1.54) is 11.3 Å². The fraction of sp³-hybridized carbons (Fsp3) is 0.500. The van der Waals surface area contributed by atoms with Gasteiger partial charge >= 0.3 is 0 Å². The molecule has 0 heterocycles. The second-order valence-corrected chi connectivity index (χ2v) is 4.83. The number of anilines is 1. The summed E-state index contributed by atoms with van der Waals surface area (Å²) in [5.74, 6) is 3.14. The largest absolute Gasteiger partial charge is 0.491 e. The van der Waals surface area contributed by atoms with Crippen LogP contribution in [-0.4, -0.2) is 18.1 Å². The van der Waals surface area contributed by atoms with E-state index in [9.17, 15) is 0 Å². The minimum absolute atomic E-state index is 0.726. The van der Waals surface area contributed by atoms with Crippen LogP contribution in [0.3, 0.4) is 0 Å². The van der Waals surface area contributed by atoms with E-state index in [-0.39, 0.29) is 0 Å². The highest BCUT2D eigenvalue weighted by Crippen LogP contribution is 2.22. The van der Waals surface area contributed by atoms with Gasteiger partial charge in [-0.1, -0.05) is 13.0 Å². The number of nitrogen functional groups attached to an aromatic ring is 1. The molecule has 0 aliphatic carbocycles. The fourth-order valence-corrected chi connectivity index (χ4v) is 1.86. The van der Waals surface area contributed by atoms with Crippen molar-refractivity contribution in [3.63, 3.8) is 0 Å². The molecule has 0 spiro atoms. The van der Waals surface area contributed by atoms with Crippen LogP contribution >= 0.6 is 11.8 Å². The number of hydrogen-bond acceptors (Lipinski definition) is 3. The van der Waals surface area contributed by atoms with Gasteiger partial charge in [0.25, 0.3) is 0 Å². The van der Waals surface area contributed by atoms with Crippen LogP contribution in [0.4, 0.5) is 5.69 Å². The lowest BCUT2D eigenvalue weighted by atomic mass is 10.2. The molecule has 0 bridgehead atoms. The third-order valence-corrected chi connectivity index (χ3v) is 3.05. The summed E-state index contributed by atoms with van der Waals surface area (Å²) in [6.07, 6.45) is 1.08. The molecule has 0 fully saturated rings. The first-order chi connectivity index (χ1) is 7.24. The number of rotatable bonds is 6. The number of aryl methyl sites for hydroxylation is 1. The van der Waals surface area contributed by atoms with Gasteiger partial charge < -0.3 is 10.5 Å². The maximum absolute atomic E-state index is 5.80. The van der Waals surface area contributed by atoms with Gasteiger partial charge in [-0.3, -0.25) is 0 Å². The van der Waals surface area contributed by atoms with Crippen molar-refractivity contribution < 1.29 is 4.74 Å². The summed E-state index contributed by atoms with van der Waals surface area (Å²) in [6, 6.07) is 5.88. The summed E-state index contributed by atoms with van der Waals surface area (Å²) in [7, 11) is 0. The van der Waals surface area contributed by atoms with Crippen LogP contribution in [0.15, 0.2) is 18.2 Å². The Kier molecular flexibility index (Phi) is 5.40. The first kappa shape index (κ1) is 12.2. The van der Waals surface area contributed by atoms with Crippen LogP contribution < -0.4 is 10.5 Å². The Morgan fingerprint density at radius 3 is 2.93 bits per heavy atom. The molecule has 0 radical (unpaired) electrons. The highest BCUT2D eigenvalue weighted by molar-refractivity contribution is 7.99. The molecule has 0 atom stereocenters. The van der Waals surface area contributed by atoms with E-state index < -0.39 is 0 Å². The van der Waals surface area contributed by atoms with Crippen LogP contribution in [-0.2, 0) is 0 Å².